The fourth-order valence-electron chi connectivity index (χ4n) is 16.3. The van der Waals surface area contributed by atoms with Gasteiger partial charge in [0, 0.05) is 75.8 Å². The van der Waals surface area contributed by atoms with Crippen LogP contribution in [0.3, 0.4) is 0 Å². The molecule has 0 saturated heterocycles. The van der Waals surface area contributed by atoms with E-state index in [0.717, 1.165) is 181 Å². The van der Waals surface area contributed by atoms with Crippen LogP contribution in [0.25, 0.3) is 211 Å². The molecular formula is C92H54N8O2. The number of rotatable bonds is 9. The molecule has 0 bridgehead atoms. The lowest BCUT2D eigenvalue weighted by Gasteiger charge is -2.26. The number of aromatic nitrogens is 8. The van der Waals surface area contributed by atoms with Gasteiger partial charge in [-0.2, -0.15) is 0 Å². The van der Waals surface area contributed by atoms with E-state index >= 15 is 0 Å². The van der Waals surface area contributed by atoms with E-state index in [1.807, 2.05) is 60.7 Å². The minimum atomic E-state index is 0.455. The molecule has 0 atom stereocenters. The molecule has 0 fully saturated rings. The molecule has 22 aromatic rings. The zero-order valence-electron chi connectivity index (χ0n) is 54.6. The molecule has 0 spiro atoms. The highest BCUT2D eigenvalue weighted by Crippen LogP contribution is 2.50. The van der Waals surface area contributed by atoms with E-state index in [1.54, 1.807) is 0 Å². The Balaban J connectivity index is 0.950. The van der Waals surface area contributed by atoms with E-state index in [0.29, 0.717) is 29.1 Å². The summed E-state index contributed by atoms with van der Waals surface area (Å²) in [6.45, 7) is 0. The molecule has 14 aromatic carbocycles. The molecule has 10 heteroatoms. The maximum Gasteiger partial charge on any atom is 0.168 e. The summed E-state index contributed by atoms with van der Waals surface area (Å²) in [5, 5.41) is 12.9. The SMILES string of the molecule is c1ccc(-c2nc(-c3ccccc3)nc(-c3c(-n4c5ccccc5c5ccccc54)c(-n4c5ccccc5c5cc(-c6ccc7oc8ccccc8c7c6)ccc54)nc(-n4c5ccccc5c5cc(-c6ccc7oc8ccccc8c7c6)ccc54)c3-n3c4ccccc4c4ccccc43)n2)cc1. The summed E-state index contributed by atoms with van der Waals surface area (Å²) in [4.78, 5) is 23.9. The Hall–Kier alpha value is -14.0. The highest BCUT2D eigenvalue weighted by atomic mass is 16.3. The van der Waals surface area contributed by atoms with Crippen LogP contribution in [0.2, 0.25) is 0 Å². The van der Waals surface area contributed by atoms with Crippen LogP contribution in [-0.4, -0.2) is 38.2 Å². The van der Waals surface area contributed by atoms with Gasteiger partial charge in [-0.15, -0.1) is 0 Å². The number of para-hydroxylation sites is 8. The summed E-state index contributed by atoms with van der Waals surface area (Å²) in [6.07, 6.45) is 0. The summed E-state index contributed by atoms with van der Waals surface area (Å²) < 4.78 is 22.5. The normalized spacial score (nSPS) is 12.1. The third-order valence-corrected chi connectivity index (χ3v) is 20.8. The van der Waals surface area contributed by atoms with Crippen molar-refractivity contribution in [3.8, 4) is 79.4 Å². The first kappa shape index (κ1) is 56.1. The zero-order valence-corrected chi connectivity index (χ0v) is 54.6. The second-order valence-corrected chi connectivity index (χ2v) is 26.4. The summed E-state index contributed by atoms with van der Waals surface area (Å²) in [5.74, 6) is 2.83. The van der Waals surface area contributed by atoms with Crippen LogP contribution in [0.1, 0.15) is 0 Å². The van der Waals surface area contributed by atoms with Crippen LogP contribution in [0.4, 0.5) is 0 Å². The molecule has 102 heavy (non-hydrogen) atoms. The number of furan rings is 2. The quantitative estimate of drug-likeness (QED) is 0.143. The van der Waals surface area contributed by atoms with E-state index < -0.39 is 0 Å². The van der Waals surface area contributed by atoms with Crippen molar-refractivity contribution in [2.24, 2.45) is 0 Å². The molecule has 0 aliphatic carbocycles. The second kappa shape index (κ2) is 21.8. The molecule has 0 saturated carbocycles. The van der Waals surface area contributed by atoms with Crippen LogP contribution in [0.15, 0.2) is 336 Å². The van der Waals surface area contributed by atoms with Gasteiger partial charge in [-0.25, -0.2) is 19.9 Å². The Morgan fingerprint density at radius 1 is 0.186 bits per heavy atom. The first-order chi connectivity index (χ1) is 50.6. The number of hydrogen-bond donors (Lipinski definition) is 0. The predicted octanol–water partition coefficient (Wildman–Crippen LogP) is 23.8. The van der Waals surface area contributed by atoms with Gasteiger partial charge in [0.25, 0.3) is 0 Å². The first-order valence-electron chi connectivity index (χ1n) is 34.4. The lowest BCUT2D eigenvalue weighted by Crippen LogP contribution is -2.17. The van der Waals surface area contributed by atoms with Gasteiger partial charge in [0.1, 0.15) is 33.7 Å². The average molecular weight is 1300 g/mol. The molecule has 8 heterocycles. The smallest absolute Gasteiger partial charge is 0.168 e. The van der Waals surface area contributed by atoms with E-state index in [9.17, 15) is 0 Å². The summed E-state index contributed by atoms with van der Waals surface area (Å²) in [5.41, 5.74) is 19.5. The van der Waals surface area contributed by atoms with Gasteiger partial charge in [-0.1, -0.05) is 231 Å². The minimum Gasteiger partial charge on any atom is -0.456 e. The van der Waals surface area contributed by atoms with Crippen LogP contribution in [-0.2, 0) is 0 Å². The summed E-state index contributed by atoms with van der Waals surface area (Å²) in [7, 11) is 0. The van der Waals surface area contributed by atoms with E-state index in [-0.39, 0.29) is 0 Å². The van der Waals surface area contributed by atoms with Crippen molar-refractivity contribution in [3.05, 3.63) is 328 Å². The van der Waals surface area contributed by atoms with Gasteiger partial charge < -0.3 is 18.0 Å². The summed E-state index contributed by atoms with van der Waals surface area (Å²) in [6, 6.07) is 117. The molecule has 0 aliphatic heterocycles. The van der Waals surface area contributed by atoms with Gasteiger partial charge in [-0.05, 0) is 119 Å². The fraction of sp³-hybridized carbons (Fsp3) is 0. The molecule has 0 aliphatic rings. The topological polar surface area (TPSA) is 97.6 Å². The van der Waals surface area contributed by atoms with Crippen molar-refractivity contribution >= 4 is 131 Å². The Bertz CT molecular complexity index is 6740. The number of fused-ring (bicyclic) bond motifs is 18. The Morgan fingerprint density at radius 2 is 0.461 bits per heavy atom. The predicted molar refractivity (Wildman–Crippen MR) is 417 cm³/mol. The van der Waals surface area contributed by atoms with E-state index in [1.165, 1.54) is 0 Å². The van der Waals surface area contributed by atoms with Gasteiger partial charge >= 0.3 is 0 Å². The van der Waals surface area contributed by atoms with Crippen LogP contribution >= 0.6 is 0 Å². The van der Waals surface area contributed by atoms with Gasteiger partial charge in [0.05, 0.1) is 49.7 Å². The molecule has 474 valence electrons. The number of nitrogens with zero attached hydrogens (tertiary/aromatic N) is 8. The third kappa shape index (κ3) is 8.29. The number of pyridine rings is 1. The molecule has 0 unspecified atom stereocenters. The maximum atomic E-state index is 6.61. The van der Waals surface area contributed by atoms with Crippen molar-refractivity contribution < 1.29 is 8.83 Å². The highest BCUT2D eigenvalue weighted by molar-refractivity contribution is 6.17. The molecule has 8 aromatic heterocycles. The maximum absolute atomic E-state index is 6.61. The van der Waals surface area contributed by atoms with E-state index in [2.05, 4.69) is 285 Å². The van der Waals surface area contributed by atoms with Crippen molar-refractivity contribution in [1.82, 2.24) is 38.2 Å². The standard InChI is InChI=1S/C92H54N8O2/c1-3-23-55(24-4-1)88-93-89(56-25-5-2-6-26-56)95-90(94-88)85-86(97-73-35-15-7-27-61(73)62-28-8-16-36-74(62)97)91(99-77-39-19-11-31-65(77)69-51-57(43-47-79(69)99)59-45-49-83-71(53-59)67-33-13-21-41-81(67)101-83)96-92(87(85)98-75-37-17-9-29-63(75)64-30-10-18-38-76(64)98)100-78-40-20-12-32-66(78)70-52-58(44-48-80(70)100)60-46-50-84-72(54-60)68-34-14-22-42-82(68)102-84/h1-54H. The molecular weight excluding hydrogens is 1250 g/mol. The van der Waals surface area contributed by atoms with Crippen LogP contribution in [0.5, 0.6) is 0 Å². The van der Waals surface area contributed by atoms with Crippen molar-refractivity contribution in [1.29, 1.82) is 0 Å². The van der Waals surface area contributed by atoms with Crippen molar-refractivity contribution in [2.75, 3.05) is 0 Å². The third-order valence-electron chi connectivity index (χ3n) is 20.8. The lowest BCUT2D eigenvalue weighted by molar-refractivity contribution is 0.668. The largest absolute Gasteiger partial charge is 0.456 e. The second-order valence-electron chi connectivity index (χ2n) is 26.4. The van der Waals surface area contributed by atoms with Crippen molar-refractivity contribution in [3.63, 3.8) is 0 Å². The molecule has 22 rings (SSSR count). The number of hydrogen-bond acceptors (Lipinski definition) is 6. The Kier molecular flexibility index (Phi) is 12.0. The first-order valence-corrected chi connectivity index (χ1v) is 34.4. The monoisotopic (exact) mass is 1300 g/mol. The zero-order chi connectivity index (χ0) is 66.7. The fourth-order valence-corrected chi connectivity index (χ4v) is 16.3. The van der Waals surface area contributed by atoms with E-state index in [4.69, 9.17) is 28.8 Å². The minimum absolute atomic E-state index is 0.455. The van der Waals surface area contributed by atoms with Crippen LogP contribution in [0, 0.1) is 0 Å². The van der Waals surface area contributed by atoms with Gasteiger partial charge in [-0.3, -0.25) is 9.13 Å². The molecule has 0 N–H and O–H groups in total. The molecule has 10 nitrogen and oxygen atoms in total. The summed E-state index contributed by atoms with van der Waals surface area (Å²) >= 11 is 0. The number of benzene rings is 14. The average Bonchev–Trinajstić information content (AvgIpc) is 1.49. The van der Waals surface area contributed by atoms with Gasteiger partial charge in [0.15, 0.2) is 29.1 Å². The molecule has 0 amide bonds. The van der Waals surface area contributed by atoms with Crippen molar-refractivity contribution in [2.45, 2.75) is 0 Å². The lowest BCUT2D eigenvalue weighted by atomic mass is 10.0. The Morgan fingerprint density at radius 3 is 0.843 bits per heavy atom. The molecule has 0 radical (unpaired) electrons. The van der Waals surface area contributed by atoms with Gasteiger partial charge in [0.2, 0.25) is 0 Å². The van der Waals surface area contributed by atoms with Crippen LogP contribution < -0.4 is 0 Å². The highest BCUT2D eigenvalue weighted by Gasteiger charge is 2.35. The Labute approximate surface area is 581 Å².